The van der Waals surface area contributed by atoms with Gasteiger partial charge in [0.25, 0.3) is 0 Å². The van der Waals surface area contributed by atoms with Gasteiger partial charge in [0.1, 0.15) is 0 Å². The van der Waals surface area contributed by atoms with Gasteiger partial charge in [-0.15, -0.1) is 0 Å². The summed E-state index contributed by atoms with van der Waals surface area (Å²) in [7, 11) is 0. The van der Waals surface area contributed by atoms with Crippen LogP contribution in [0.25, 0.3) is 0 Å². The van der Waals surface area contributed by atoms with Gasteiger partial charge in [-0.05, 0) is 23.8 Å². The molecule has 1 aliphatic heterocycles. The molecule has 0 amide bonds. The van der Waals surface area contributed by atoms with Crippen molar-refractivity contribution >= 4 is 0 Å². The average molecular weight is 276 g/mol. The molecule has 1 aromatic carbocycles. The third-order valence-corrected chi connectivity index (χ3v) is 4.59. The molecule has 1 aliphatic carbocycles. The molecule has 3 heteroatoms. The zero-order chi connectivity index (χ0) is 13.9. The highest BCUT2D eigenvalue weighted by Crippen LogP contribution is 2.44. The minimum Gasteiger partial charge on any atom is -0.376 e. The molecule has 2 fully saturated rings. The van der Waals surface area contributed by atoms with E-state index in [2.05, 4.69) is 31.2 Å². The summed E-state index contributed by atoms with van der Waals surface area (Å²) in [5.41, 5.74) is 1.50. The molecular formula is C17H24O3. The van der Waals surface area contributed by atoms with Crippen LogP contribution in [0.15, 0.2) is 30.3 Å². The third kappa shape index (κ3) is 3.22. The Morgan fingerprint density at radius 2 is 1.65 bits per heavy atom. The first-order valence-corrected chi connectivity index (χ1v) is 7.59. The van der Waals surface area contributed by atoms with Crippen LogP contribution in [0.3, 0.4) is 0 Å². The highest BCUT2D eigenvalue weighted by atomic mass is 16.7. The Balaban J connectivity index is 1.46. The van der Waals surface area contributed by atoms with Gasteiger partial charge >= 0.3 is 0 Å². The van der Waals surface area contributed by atoms with Crippen LogP contribution in [-0.2, 0) is 20.8 Å². The molecule has 0 radical (unpaired) electrons. The van der Waals surface area contributed by atoms with Gasteiger partial charge in [-0.2, -0.15) is 0 Å². The second-order valence-corrected chi connectivity index (χ2v) is 6.40. The van der Waals surface area contributed by atoms with E-state index in [-0.39, 0.29) is 11.2 Å². The molecular weight excluding hydrogens is 252 g/mol. The molecule has 0 N–H and O–H groups in total. The lowest BCUT2D eigenvalue weighted by Gasteiger charge is -2.41. The summed E-state index contributed by atoms with van der Waals surface area (Å²) in [5, 5.41) is 0. The van der Waals surface area contributed by atoms with Gasteiger partial charge in [0, 0.05) is 12.8 Å². The molecule has 2 aliphatic rings. The van der Waals surface area contributed by atoms with Gasteiger partial charge in [-0.1, -0.05) is 37.3 Å². The zero-order valence-corrected chi connectivity index (χ0v) is 12.3. The van der Waals surface area contributed by atoms with Crippen LogP contribution >= 0.6 is 0 Å². The normalized spacial score (nSPS) is 24.1. The molecule has 110 valence electrons. The van der Waals surface area contributed by atoms with Crippen molar-refractivity contribution in [2.24, 2.45) is 5.41 Å². The SMILES string of the molecule is CC1(COCc2ccccc2)CCC2(CC1)OCCO2. The molecule has 1 aromatic rings. The minimum absolute atomic E-state index is 0.259. The first-order valence-electron chi connectivity index (χ1n) is 7.59. The molecule has 0 atom stereocenters. The summed E-state index contributed by atoms with van der Waals surface area (Å²) >= 11 is 0. The summed E-state index contributed by atoms with van der Waals surface area (Å²) in [6.07, 6.45) is 4.22. The molecule has 1 heterocycles. The number of benzene rings is 1. The maximum atomic E-state index is 5.93. The molecule has 1 saturated heterocycles. The van der Waals surface area contributed by atoms with Crippen LogP contribution in [-0.4, -0.2) is 25.6 Å². The fourth-order valence-electron chi connectivity index (χ4n) is 3.15. The fourth-order valence-corrected chi connectivity index (χ4v) is 3.15. The second-order valence-electron chi connectivity index (χ2n) is 6.40. The molecule has 3 rings (SSSR count). The van der Waals surface area contributed by atoms with Crippen LogP contribution in [0.2, 0.25) is 0 Å². The Kier molecular flexibility index (Phi) is 4.11. The lowest BCUT2D eigenvalue weighted by molar-refractivity contribution is -0.194. The maximum Gasteiger partial charge on any atom is 0.168 e. The predicted octanol–water partition coefficient (Wildman–Crippen LogP) is 3.53. The van der Waals surface area contributed by atoms with E-state index < -0.39 is 0 Å². The molecule has 1 saturated carbocycles. The van der Waals surface area contributed by atoms with E-state index in [0.717, 1.165) is 45.5 Å². The number of hydrogen-bond donors (Lipinski definition) is 0. The van der Waals surface area contributed by atoms with Crippen molar-refractivity contribution in [2.45, 2.75) is 45.0 Å². The Morgan fingerprint density at radius 3 is 2.30 bits per heavy atom. The quantitative estimate of drug-likeness (QED) is 0.842. The minimum atomic E-state index is -0.265. The van der Waals surface area contributed by atoms with E-state index in [1.54, 1.807) is 0 Å². The monoisotopic (exact) mass is 276 g/mol. The predicted molar refractivity (Wildman–Crippen MR) is 77.3 cm³/mol. The fraction of sp³-hybridized carbons (Fsp3) is 0.647. The lowest BCUT2D eigenvalue weighted by atomic mass is 9.74. The molecule has 20 heavy (non-hydrogen) atoms. The highest BCUT2D eigenvalue weighted by Gasteiger charge is 2.44. The Morgan fingerprint density at radius 1 is 1.00 bits per heavy atom. The van der Waals surface area contributed by atoms with Crippen molar-refractivity contribution in [3.63, 3.8) is 0 Å². The zero-order valence-electron chi connectivity index (χ0n) is 12.3. The van der Waals surface area contributed by atoms with Crippen LogP contribution in [0.5, 0.6) is 0 Å². The summed E-state index contributed by atoms with van der Waals surface area (Å²) < 4.78 is 17.5. The Hall–Kier alpha value is -0.900. The van der Waals surface area contributed by atoms with Gasteiger partial charge < -0.3 is 14.2 Å². The summed E-state index contributed by atoms with van der Waals surface area (Å²) in [6, 6.07) is 10.4. The summed E-state index contributed by atoms with van der Waals surface area (Å²) in [5.74, 6) is -0.265. The van der Waals surface area contributed by atoms with Gasteiger partial charge in [-0.25, -0.2) is 0 Å². The van der Waals surface area contributed by atoms with Crippen molar-refractivity contribution in [1.29, 1.82) is 0 Å². The van der Waals surface area contributed by atoms with Crippen molar-refractivity contribution in [3.05, 3.63) is 35.9 Å². The van der Waals surface area contributed by atoms with Crippen LogP contribution in [0.4, 0.5) is 0 Å². The smallest absolute Gasteiger partial charge is 0.168 e. The number of rotatable bonds is 4. The van der Waals surface area contributed by atoms with E-state index in [9.17, 15) is 0 Å². The second kappa shape index (κ2) is 5.84. The lowest BCUT2D eigenvalue weighted by Crippen LogP contribution is -2.40. The first-order chi connectivity index (χ1) is 9.70. The van der Waals surface area contributed by atoms with Crippen molar-refractivity contribution < 1.29 is 14.2 Å². The van der Waals surface area contributed by atoms with Crippen LogP contribution in [0, 0.1) is 5.41 Å². The standard InChI is InChI=1S/C17H24O3/c1-16(14-18-13-15-5-3-2-4-6-15)7-9-17(10-8-16)19-11-12-20-17/h2-6H,7-14H2,1H3. The highest BCUT2D eigenvalue weighted by molar-refractivity contribution is 5.13. The molecule has 1 spiro atoms. The number of ether oxygens (including phenoxy) is 3. The van der Waals surface area contributed by atoms with E-state index >= 15 is 0 Å². The van der Waals surface area contributed by atoms with E-state index in [1.165, 1.54) is 5.56 Å². The van der Waals surface area contributed by atoms with Gasteiger partial charge in [0.05, 0.1) is 26.4 Å². The Bertz CT molecular complexity index is 413. The largest absolute Gasteiger partial charge is 0.376 e. The topological polar surface area (TPSA) is 27.7 Å². The van der Waals surface area contributed by atoms with Crippen molar-refractivity contribution in [3.8, 4) is 0 Å². The Labute approximate surface area is 121 Å². The van der Waals surface area contributed by atoms with Crippen LogP contribution < -0.4 is 0 Å². The van der Waals surface area contributed by atoms with Gasteiger partial charge in [0.2, 0.25) is 0 Å². The van der Waals surface area contributed by atoms with Gasteiger partial charge in [-0.3, -0.25) is 0 Å². The van der Waals surface area contributed by atoms with E-state index in [0.29, 0.717) is 6.61 Å². The number of hydrogen-bond acceptors (Lipinski definition) is 3. The van der Waals surface area contributed by atoms with Crippen LogP contribution in [0.1, 0.15) is 38.2 Å². The van der Waals surface area contributed by atoms with Crippen molar-refractivity contribution in [1.82, 2.24) is 0 Å². The summed E-state index contributed by atoms with van der Waals surface area (Å²) in [4.78, 5) is 0. The first kappa shape index (κ1) is 14.1. The molecule has 3 nitrogen and oxygen atoms in total. The average Bonchev–Trinajstić information content (AvgIpc) is 2.93. The van der Waals surface area contributed by atoms with Crippen molar-refractivity contribution in [2.75, 3.05) is 19.8 Å². The maximum absolute atomic E-state index is 5.93. The van der Waals surface area contributed by atoms with E-state index in [1.807, 2.05) is 6.07 Å². The third-order valence-electron chi connectivity index (χ3n) is 4.59. The molecule has 0 unspecified atom stereocenters. The summed E-state index contributed by atoms with van der Waals surface area (Å²) in [6.45, 7) is 5.34. The van der Waals surface area contributed by atoms with E-state index in [4.69, 9.17) is 14.2 Å². The molecule has 0 aromatic heterocycles. The van der Waals surface area contributed by atoms with Gasteiger partial charge in [0.15, 0.2) is 5.79 Å². The molecule has 0 bridgehead atoms.